The number of hydrogen-bond acceptors (Lipinski definition) is 3. The Balaban J connectivity index is 1.57. The molecule has 0 amide bonds. The molecule has 0 bridgehead atoms. The quantitative estimate of drug-likeness (QED) is 0.913. The monoisotopic (exact) mass is 274 g/mol. The number of nitrogens with one attached hydrogen (secondary N) is 1. The molecule has 2 aliphatic rings. The second-order valence-electron chi connectivity index (χ2n) is 6.59. The van der Waals surface area contributed by atoms with Crippen molar-refractivity contribution in [2.45, 2.75) is 25.7 Å². The van der Waals surface area contributed by atoms with Crippen molar-refractivity contribution in [3.05, 3.63) is 29.8 Å². The van der Waals surface area contributed by atoms with E-state index in [1.54, 1.807) is 7.11 Å². The van der Waals surface area contributed by atoms with Gasteiger partial charge >= 0.3 is 0 Å². The Morgan fingerprint density at radius 3 is 2.75 bits per heavy atom. The maximum atomic E-state index is 5.23. The van der Waals surface area contributed by atoms with Crippen LogP contribution < -0.4 is 10.1 Å². The average molecular weight is 274 g/mol. The van der Waals surface area contributed by atoms with Gasteiger partial charge in [-0.15, -0.1) is 0 Å². The second kappa shape index (κ2) is 5.74. The Kier molecular flexibility index (Phi) is 3.99. The van der Waals surface area contributed by atoms with Crippen molar-refractivity contribution < 1.29 is 4.74 Å². The number of hydrogen-bond donors (Lipinski definition) is 1. The summed E-state index contributed by atoms with van der Waals surface area (Å²) in [6.45, 7) is 8.48. The predicted molar refractivity (Wildman–Crippen MR) is 82.4 cm³/mol. The van der Waals surface area contributed by atoms with Crippen LogP contribution in [0.2, 0.25) is 0 Å². The van der Waals surface area contributed by atoms with Crippen molar-refractivity contribution in [3.63, 3.8) is 0 Å². The van der Waals surface area contributed by atoms with Crippen LogP contribution in [-0.4, -0.2) is 44.7 Å². The van der Waals surface area contributed by atoms with E-state index in [2.05, 4.69) is 41.4 Å². The summed E-state index contributed by atoms with van der Waals surface area (Å²) in [6.07, 6.45) is 2.73. The molecule has 2 aliphatic heterocycles. The van der Waals surface area contributed by atoms with E-state index in [0.717, 1.165) is 5.75 Å². The van der Waals surface area contributed by atoms with E-state index in [4.69, 9.17) is 4.74 Å². The third-order valence-corrected chi connectivity index (χ3v) is 5.07. The van der Waals surface area contributed by atoms with Crippen molar-refractivity contribution >= 4 is 0 Å². The SMILES string of the molecule is COc1ccc(C(C)CN2CCC3(CCNC3)C2)cc1. The minimum Gasteiger partial charge on any atom is -0.497 e. The average Bonchev–Trinajstić information content (AvgIpc) is 3.09. The minimum absolute atomic E-state index is 0.583. The zero-order valence-corrected chi connectivity index (χ0v) is 12.7. The lowest BCUT2D eigenvalue weighted by Gasteiger charge is -2.25. The van der Waals surface area contributed by atoms with Crippen molar-refractivity contribution in [2.24, 2.45) is 5.41 Å². The van der Waals surface area contributed by atoms with Crippen LogP contribution in [0, 0.1) is 5.41 Å². The molecule has 2 fully saturated rings. The summed E-state index contributed by atoms with van der Waals surface area (Å²) < 4.78 is 5.23. The highest BCUT2D eigenvalue weighted by Gasteiger charge is 2.40. The lowest BCUT2D eigenvalue weighted by molar-refractivity contribution is 0.265. The second-order valence-corrected chi connectivity index (χ2v) is 6.59. The van der Waals surface area contributed by atoms with Gasteiger partial charge < -0.3 is 15.0 Å². The van der Waals surface area contributed by atoms with Crippen LogP contribution in [-0.2, 0) is 0 Å². The first-order chi connectivity index (χ1) is 9.71. The van der Waals surface area contributed by atoms with E-state index in [-0.39, 0.29) is 0 Å². The van der Waals surface area contributed by atoms with Gasteiger partial charge in [0.05, 0.1) is 7.11 Å². The van der Waals surface area contributed by atoms with Crippen molar-refractivity contribution in [1.82, 2.24) is 10.2 Å². The topological polar surface area (TPSA) is 24.5 Å². The first-order valence-electron chi connectivity index (χ1n) is 7.78. The Morgan fingerprint density at radius 1 is 1.30 bits per heavy atom. The molecule has 1 N–H and O–H groups in total. The molecule has 1 aromatic rings. The molecule has 1 aromatic carbocycles. The molecule has 0 aliphatic carbocycles. The molecule has 2 unspecified atom stereocenters. The number of benzene rings is 1. The minimum atomic E-state index is 0.583. The first-order valence-corrected chi connectivity index (χ1v) is 7.78. The highest BCUT2D eigenvalue weighted by Crippen LogP contribution is 2.36. The van der Waals surface area contributed by atoms with Gasteiger partial charge in [-0.05, 0) is 55.0 Å². The van der Waals surface area contributed by atoms with Crippen LogP contribution in [0.4, 0.5) is 0 Å². The van der Waals surface area contributed by atoms with E-state index < -0.39 is 0 Å². The van der Waals surface area contributed by atoms with Crippen LogP contribution in [0.15, 0.2) is 24.3 Å². The molecule has 0 saturated carbocycles. The molecule has 2 heterocycles. The Hall–Kier alpha value is -1.06. The van der Waals surface area contributed by atoms with E-state index in [0.29, 0.717) is 11.3 Å². The molecule has 110 valence electrons. The molecule has 3 heteroatoms. The van der Waals surface area contributed by atoms with Gasteiger partial charge in [0.15, 0.2) is 0 Å². The zero-order valence-electron chi connectivity index (χ0n) is 12.7. The maximum absolute atomic E-state index is 5.23. The molecule has 0 aromatic heterocycles. The third-order valence-electron chi connectivity index (χ3n) is 5.07. The van der Waals surface area contributed by atoms with Crippen molar-refractivity contribution in [3.8, 4) is 5.75 Å². The normalized spacial score (nSPS) is 28.1. The van der Waals surface area contributed by atoms with Crippen molar-refractivity contribution in [2.75, 3.05) is 39.8 Å². The predicted octanol–water partition coefficient (Wildman–Crippen LogP) is 2.48. The number of methoxy groups -OCH3 is 1. The maximum Gasteiger partial charge on any atom is 0.118 e. The Bertz CT molecular complexity index is 437. The number of nitrogens with zero attached hydrogens (tertiary/aromatic N) is 1. The van der Waals surface area contributed by atoms with Crippen LogP contribution in [0.1, 0.15) is 31.2 Å². The molecule has 0 radical (unpaired) electrons. The summed E-state index contributed by atoms with van der Waals surface area (Å²) in [5.74, 6) is 1.53. The zero-order chi connectivity index (χ0) is 14.0. The highest BCUT2D eigenvalue weighted by molar-refractivity contribution is 5.29. The lowest BCUT2D eigenvalue weighted by atomic mass is 9.86. The smallest absolute Gasteiger partial charge is 0.118 e. The number of ether oxygens (including phenoxy) is 1. The van der Waals surface area contributed by atoms with Crippen LogP contribution in [0.5, 0.6) is 5.75 Å². The van der Waals surface area contributed by atoms with Crippen molar-refractivity contribution in [1.29, 1.82) is 0 Å². The van der Waals surface area contributed by atoms with Gasteiger partial charge in [-0.25, -0.2) is 0 Å². The molecule has 20 heavy (non-hydrogen) atoms. The summed E-state index contributed by atoms with van der Waals surface area (Å²) in [5, 5.41) is 3.53. The van der Waals surface area contributed by atoms with Gasteiger partial charge in [0.2, 0.25) is 0 Å². The van der Waals surface area contributed by atoms with E-state index in [1.165, 1.54) is 51.1 Å². The number of rotatable bonds is 4. The summed E-state index contributed by atoms with van der Waals surface area (Å²) in [5.41, 5.74) is 2.00. The van der Waals surface area contributed by atoms with Gasteiger partial charge in [-0.1, -0.05) is 19.1 Å². The van der Waals surface area contributed by atoms with Gasteiger partial charge in [-0.2, -0.15) is 0 Å². The molecular formula is C17H26N2O. The lowest BCUT2D eigenvalue weighted by Crippen LogP contribution is -2.31. The fourth-order valence-electron chi connectivity index (χ4n) is 3.75. The third kappa shape index (κ3) is 2.84. The van der Waals surface area contributed by atoms with E-state index in [9.17, 15) is 0 Å². The van der Waals surface area contributed by atoms with Crippen LogP contribution in [0.25, 0.3) is 0 Å². The van der Waals surface area contributed by atoms with Crippen LogP contribution in [0.3, 0.4) is 0 Å². The molecule has 3 rings (SSSR count). The Morgan fingerprint density at radius 2 is 2.10 bits per heavy atom. The molecular weight excluding hydrogens is 248 g/mol. The summed E-state index contributed by atoms with van der Waals surface area (Å²) in [7, 11) is 1.72. The highest BCUT2D eigenvalue weighted by atomic mass is 16.5. The van der Waals surface area contributed by atoms with Gasteiger partial charge in [0.25, 0.3) is 0 Å². The molecule has 2 saturated heterocycles. The first kappa shape index (κ1) is 13.9. The molecule has 2 atom stereocenters. The summed E-state index contributed by atoms with van der Waals surface area (Å²) in [6, 6.07) is 8.54. The fourth-order valence-corrected chi connectivity index (χ4v) is 3.75. The fraction of sp³-hybridized carbons (Fsp3) is 0.647. The summed E-state index contributed by atoms with van der Waals surface area (Å²) in [4.78, 5) is 2.65. The van der Waals surface area contributed by atoms with E-state index in [1.807, 2.05) is 0 Å². The van der Waals surface area contributed by atoms with Gasteiger partial charge in [0, 0.05) is 19.6 Å². The van der Waals surface area contributed by atoms with Gasteiger partial charge in [0.1, 0.15) is 5.75 Å². The largest absolute Gasteiger partial charge is 0.497 e. The number of likely N-dealkylation sites (tertiary alicyclic amines) is 1. The molecule has 3 nitrogen and oxygen atoms in total. The van der Waals surface area contributed by atoms with Gasteiger partial charge in [-0.3, -0.25) is 0 Å². The summed E-state index contributed by atoms with van der Waals surface area (Å²) >= 11 is 0. The Labute approximate surface area is 122 Å². The van der Waals surface area contributed by atoms with E-state index >= 15 is 0 Å². The molecule has 1 spiro atoms. The van der Waals surface area contributed by atoms with Crippen LogP contribution >= 0.6 is 0 Å². The standard InChI is InChI=1S/C17H26N2O/c1-14(15-3-5-16(20-2)6-4-15)11-19-10-8-17(13-19)7-9-18-12-17/h3-6,14,18H,7-13H2,1-2H3.